The molecule has 7 heteroatoms. The molecule has 0 unspecified atom stereocenters. The Bertz CT molecular complexity index is 741. The van der Waals surface area contributed by atoms with Crippen LogP contribution in [0.3, 0.4) is 0 Å². The molecule has 25 heavy (non-hydrogen) atoms. The number of anilines is 2. The van der Waals surface area contributed by atoms with E-state index in [0.717, 1.165) is 5.56 Å². The van der Waals surface area contributed by atoms with E-state index in [1.54, 1.807) is 49.6 Å². The number of hydrogen-bond donors (Lipinski definition) is 2. The van der Waals surface area contributed by atoms with Crippen molar-refractivity contribution in [3.63, 3.8) is 0 Å². The summed E-state index contributed by atoms with van der Waals surface area (Å²) in [5.74, 6) is 0.327. The Morgan fingerprint density at radius 2 is 1.80 bits per heavy atom. The first-order chi connectivity index (χ1) is 11.9. The van der Waals surface area contributed by atoms with Crippen LogP contribution in [0.4, 0.5) is 24.5 Å². The van der Waals surface area contributed by atoms with Gasteiger partial charge in [0.2, 0.25) is 5.91 Å². The summed E-state index contributed by atoms with van der Waals surface area (Å²) in [4.78, 5) is 11.9. The summed E-state index contributed by atoms with van der Waals surface area (Å²) >= 11 is 0. The maximum absolute atomic E-state index is 12.2. The van der Waals surface area contributed by atoms with Crippen molar-refractivity contribution in [3.05, 3.63) is 60.2 Å². The van der Waals surface area contributed by atoms with Crippen molar-refractivity contribution in [2.75, 3.05) is 24.3 Å². The van der Waals surface area contributed by atoms with Crippen LogP contribution < -0.4 is 15.4 Å². The van der Waals surface area contributed by atoms with E-state index >= 15 is 0 Å². The van der Waals surface area contributed by atoms with Crippen LogP contribution in [0.5, 0.6) is 5.75 Å². The third kappa shape index (κ3) is 6.58. The lowest BCUT2D eigenvalue weighted by molar-refractivity contribution is -0.115. The molecule has 0 aliphatic heterocycles. The van der Waals surface area contributed by atoms with E-state index in [2.05, 4.69) is 10.6 Å². The molecule has 0 saturated carbocycles. The Balaban J connectivity index is 1.94. The van der Waals surface area contributed by atoms with Crippen molar-refractivity contribution in [1.82, 2.24) is 0 Å². The fraction of sp³-hybridized carbons (Fsp3) is 0.167. The maximum atomic E-state index is 12.2. The number of ether oxygens (including phenoxy) is 1. The molecule has 0 fully saturated rings. The third-order valence-corrected chi connectivity index (χ3v) is 3.17. The lowest BCUT2D eigenvalue weighted by Gasteiger charge is -2.10. The highest BCUT2D eigenvalue weighted by Gasteiger charge is 2.26. The summed E-state index contributed by atoms with van der Waals surface area (Å²) in [6, 6.07) is 13.2. The van der Waals surface area contributed by atoms with Gasteiger partial charge >= 0.3 is 6.18 Å². The van der Waals surface area contributed by atoms with Crippen LogP contribution >= 0.6 is 0 Å². The molecule has 0 saturated heterocycles. The van der Waals surface area contributed by atoms with Crippen molar-refractivity contribution in [2.45, 2.75) is 6.18 Å². The largest absolute Gasteiger partial charge is 0.497 e. The van der Waals surface area contributed by atoms with Gasteiger partial charge < -0.3 is 15.4 Å². The van der Waals surface area contributed by atoms with Crippen molar-refractivity contribution < 1.29 is 22.7 Å². The van der Waals surface area contributed by atoms with Gasteiger partial charge in [0.15, 0.2) is 0 Å². The first-order valence-electron chi connectivity index (χ1n) is 7.39. The minimum absolute atomic E-state index is 0.272. The van der Waals surface area contributed by atoms with E-state index in [1.165, 1.54) is 18.2 Å². The average molecular weight is 350 g/mol. The van der Waals surface area contributed by atoms with Gasteiger partial charge in [-0.25, -0.2) is 0 Å². The number of rotatable bonds is 6. The highest BCUT2D eigenvalue weighted by atomic mass is 19.4. The molecule has 4 nitrogen and oxygen atoms in total. The highest BCUT2D eigenvalue weighted by Crippen LogP contribution is 2.19. The predicted molar refractivity (Wildman–Crippen MR) is 91.6 cm³/mol. The molecule has 2 aromatic rings. The molecule has 0 spiro atoms. The quantitative estimate of drug-likeness (QED) is 0.763. The fourth-order valence-corrected chi connectivity index (χ4v) is 1.98. The van der Waals surface area contributed by atoms with Crippen molar-refractivity contribution in [2.24, 2.45) is 0 Å². The summed E-state index contributed by atoms with van der Waals surface area (Å²) in [7, 11) is 1.57. The predicted octanol–water partition coefficient (Wildman–Crippen LogP) is 4.32. The molecular formula is C18H17F3N2O2. The minimum atomic E-state index is -4.31. The second kappa shape index (κ2) is 8.23. The number of benzene rings is 2. The molecule has 132 valence electrons. The number of amides is 1. The Kier molecular flexibility index (Phi) is 6.05. The smallest absolute Gasteiger partial charge is 0.405 e. The number of hydrogen-bond acceptors (Lipinski definition) is 3. The van der Waals surface area contributed by atoms with E-state index < -0.39 is 12.7 Å². The fourth-order valence-electron chi connectivity index (χ4n) is 1.98. The van der Waals surface area contributed by atoms with Gasteiger partial charge in [0.25, 0.3) is 0 Å². The molecule has 0 atom stereocenters. The first-order valence-corrected chi connectivity index (χ1v) is 7.39. The molecule has 0 aromatic heterocycles. The van der Waals surface area contributed by atoms with Gasteiger partial charge in [-0.3, -0.25) is 4.79 Å². The van der Waals surface area contributed by atoms with E-state index in [9.17, 15) is 18.0 Å². The lowest BCUT2D eigenvalue weighted by Crippen LogP contribution is -2.21. The van der Waals surface area contributed by atoms with Crippen molar-refractivity contribution in [3.8, 4) is 5.75 Å². The van der Waals surface area contributed by atoms with E-state index in [0.29, 0.717) is 11.4 Å². The summed E-state index contributed by atoms with van der Waals surface area (Å²) < 4.78 is 41.7. The van der Waals surface area contributed by atoms with Crippen molar-refractivity contribution in [1.29, 1.82) is 0 Å². The molecule has 0 radical (unpaired) electrons. The zero-order valence-corrected chi connectivity index (χ0v) is 13.4. The van der Waals surface area contributed by atoms with Gasteiger partial charge in [-0.1, -0.05) is 18.2 Å². The van der Waals surface area contributed by atoms with Crippen LogP contribution in [0.2, 0.25) is 0 Å². The van der Waals surface area contributed by atoms with Crippen LogP contribution in [-0.4, -0.2) is 25.7 Å². The van der Waals surface area contributed by atoms with Gasteiger partial charge in [0, 0.05) is 17.5 Å². The van der Waals surface area contributed by atoms with Gasteiger partial charge in [-0.15, -0.1) is 0 Å². The van der Waals surface area contributed by atoms with E-state index in [-0.39, 0.29) is 11.6 Å². The van der Waals surface area contributed by atoms with E-state index in [1.807, 2.05) is 0 Å². The van der Waals surface area contributed by atoms with Crippen LogP contribution in [0.15, 0.2) is 54.6 Å². The number of methoxy groups -OCH3 is 1. The van der Waals surface area contributed by atoms with Crippen LogP contribution in [-0.2, 0) is 4.79 Å². The van der Waals surface area contributed by atoms with Gasteiger partial charge in [0.05, 0.1) is 7.11 Å². The minimum Gasteiger partial charge on any atom is -0.497 e. The van der Waals surface area contributed by atoms with E-state index in [4.69, 9.17) is 4.74 Å². The number of halogens is 3. The molecule has 2 rings (SSSR count). The van der Waals surface area contributed by atoms with Gasteiger partial charge in [-0.05, 0) is 42.0 Å². The summed E-state index contributed by atoms with van der Waals surface area (Å²) in [6.45, 7) is -1.14. The number of carbonyl (C=O) groups is 1. The molecule has 0 bridgehead atoms. The van der Waals surface area contributed by atoms with Gasteiger partial charge in [-0.2, -0.15) is 13.2 Å². The molecule has 2 N–H and O–H groups in total. The molecule has 2 aromatic carbocycles. The summed E-state index contributed by atoms with van der Waals surface area (Å²) in [5.41, 5.74) is 1.49. The van der Waals surface area contributed by atoms with Crippen LogP contribution in [0.1, 0.15) is 5.56 Å². The summed E-state index contributed by atoms with van der Waals surface area (Å²) in [6.07, 6.45) is -1.33. The maximum Gasteiger partial charge on any atom is 0.405 e. The highest BCUT2D eigenvalue weighted by molar-refractivity contribution is 6.02. The molecular weight excluding hydrogens is 333 g/mol. The second-order valence-electron chi connectivity index (χ2n) is 5.15. The number of nitrogens with one attached hydrogen (secondary N) is 2. The zero-order chi connectivity index (χ0) is 18.3. The SMILES string of the molecule is COc1ccc(C=CC(=O)Nc2cccc(NCC(F)(F)F)c2)cc1. The first kappa shape index (κ1) is 18.4. The number of carbonyl (C=O) groups excluding carboxylic acids is 1. The van der Waals surface area contributed by atoms with Crippen molar-refractivity contribution >= 4 is 23.4 Å². The Morgan fingerprint density at radius 1 is 1.12 bits per heavy atom. The third-order valence-electron chi connectivity index (χ3n) is 3.17. The molecule has 0 aliphatic carbocycles. The molecule has 0 aliphatic rings. The van der Waals surface area contributed by atoms with Crippen LogP contribution in [0, 0.1) is 0 Å². The molecule has 0 heterocycles. The Hall–Kier alpha value is -2.96. The number of alkyl halides is 3. The lowest BCUT2D eigenvalue weighted by atomic mass is 10.2. The topological polar surface area (TPSA) is 50.4 Å². The second-order valence-corrected chi connectivity index (χ2v) is 5.15. The monoisotopic (exact) mass is 350 g/mol. The summed E-state index contributed by atoms with van der Waals surface area (Å²) in [5, 5.41) is 4.86. The normalized spacial score (nSPS) is 11.4. The standard InChI is InChI=1S/C18H17F3N2O2/c1-25-16-8-5-13(6-9-16)7-10-17(24)23-15-4-2-3-14(11-15)22-12-18(19,20)21/h2-11,22H,12H2,1H3,(H,23,24). The Morgan fingerprint density at radius 3 is 2.44 bits per heavy atom. The van der Waals surface area contributed by atoms with Crippen LogP contribution in [0.25, 0.3) is 6.08 Å². The average Bonchev–Trinajstić information content (AvgIpc) is 2.58. The molecule has 1 amide bonds. The van der Waals surface area contributed by atoms with Gasteiger partial charge in [0.1, 0.15) is 12.3 Å². The zero-order valence-electron chi connectivity index (χ0n) is 13.4. The Labute approximate surface area is 143 Å².